The van der Waals surface area contributed by atoms with E-state index in [1.807, 2.05) is 18.2 Å². The number of benzene rings is 1. The van der Waals surface area contributed by atoms with E-state index < -0.39 is 11.9 Å². The van der Waals surface area contributed by atoms with Crippen LogP contribution in [0, 0.1) is 0 Å². The van der Waals surface area contributed by atoms with E-state index in [2.05, 4.69) is 10.4 Å². The minimum Gasteiger partial charge on any atom is -0.469 e. The second-order valence-corrected chi connectivity index (χ2v) is 6.16. The van der Waals surface area contributed by atoms with E-state index in [1.54, 1.807) is 41.4 Å². The highest BCUT2D eigenvalue weighted by Crippen LogP contribution is 2.18. The molecule has 1 amide bonds. The topological polar surface area (TPSA) is 86.4 Å². The molecular weight excluding hydrogens is 370 g/mol. The summed E-state index contributed by atoms with van der Waals surface area (Å²) in [5, 5.41) is 7.48. The van der Waals surface area contributed by atoms with Gasteiger partial charge in [0.05, 0.1) is 25.4 Å². The minimum absolute atomic E-state index is 0.144. The smallest absolute Gasteiger partial charge is 0.306 e. The lowest BCUT2D eigenvalue weighted by atomic mass is 10.2. The van der Waals surface area contributed by atoms with Crippen molar-refractivity contribution in [1.29, 1.82) is 0 Å². The summed E-state index contributed by atoms with van der Waals surface area (Å²) in [6.45, 7) is 0.0412. The number of aromatic nitrogens is 2. The molecule has 8 heteroatoms. The van der Waals surface area contributed by atoms with Gasteiger partial charge in [0.15, 0.2) is 6.61 Å². The molecule has 0 aliphatic rings. The fourth-order valence-corrected chi connectivity index (χ4v) is 2.63. The van der Waals surface area contributed by atoms with Crippen molar-refractivity contribution >= 4 is 29.3 Å². The van der Waals surface area contributed by atoms with Crippen LogP contribution in [0.5, 0.6) is 0 Å². The summed E-state index contributed by atoms with van der Waals surface area (Å²) in [7, 11) is 0. The van der Waals surface area contributed by atoms with Crippen LogP contribution in [0.15, 0.2) is 59.3 Å². The molecule has 7 nitrogen and oxygen atoms in total. The molecule has 1 N–H and O–H groups in total. The van der Waals surface area contributed by atoms with Gasteiger partial charge in [-0.05, 0) is 23.8 Å². The van der Waals surface area contributed by atoms with Crippen molar-refractivity contribution in [2.75, 3.05) is 11.9 Å². The molecular formula is C19H18ClN3O4. The van der Waals surface area contributed by atoms with E-state index in [9.17, 15) is 9.59 Å². The van der Waals surface area contributed by atoms with Gasteiger partial charge in [-0.25, -0.2) is 4.68 Å². The first-order valence-corrected chi connectivity index (χ1v) is 8.72. The van der Waals surface area contributed by atoms with Crippen molar-refractivity contribution in [1.82, 2.24) is 9.78 Å². The van der Waals surface area contributed by atoms with Crippen molar-refractivity contribution < 1.29 is 18.7 Å². The van der Waals surface area contributed by atoms with Crippen LogP contribution >= 0.6 is 11.6 Å². The number of carbonyl (C=O) groups is 2. The number of aryl methyl sites for hydroxylation is 1. The number of ether oxygens (including phenoxy) is 1. The number of furan rings is 1. The minimum atomic E-state index is -0.467. The van der Waals surface area contributed by atoms with Gasteiger partial charge in [0, 0.05) is 17.5 Å². The van der Waals surface area contributed by atoms with Crippen LogP contribution in [0.3, 0.4) is 0 Å². The van der Waals surface area contributed by atoms with Crippen molar-refractivity contribution in [2.45, 2.75) is 19.4 Å². The Balaban J connectivity index is 1.48. The molecule has 0 saturated heterocycles. The van der Waals surface area contributed by atoms with Gasteiger partial charge in [-0.3, -0.25) is 9.59 Å². The zero-order chi connectivity index (χ0) is 19.1. The molecule has 0 fully saturated rings. The van der Waals surface area contributed by atoms with E-state index in [0.717, 1.165) is 5.56 Å². The highest BCUT2D eigenvalue weighted by molar-refractivity contribution is 6.31. The third-order valence-corrected chi connectivity index (χ3v) is 4.15. The second-order valence-electron chi connectivity index (χ2n) is 5.75. The molecule has 0 aliphatic heterocycles. The van der Waals surface area contributed by atoms with Gasteiger partial charge in [0.25, 0.3) is 5.91 Å². The lowest BCUT2D eigenvalue weighted by molar-refractivity contribution is -0.147. The number of esters is 1. The maximum Gasteiger partial charge on any atom is 0.306 e. The number of anilines is 1. The standard InChI is InChI=1S/C19H18ClN3O4/c20-16-6-2-1-4-14(16)12-23-17(9-10-21-23)22-18(24)13-27-19(25)8-7-15-5-3-11-26-15/h1-6,9-11H,7-8,12-13H2,(H,22,24). The van der Waals surface area contributed by atoms with Crippen molar-refractivity contribution in [3.8, 4) is 0 Å². The van der Waals surface area contributed by atoms with Gasteiger partial charge < -0.3 is 14.5 Å². The Morgan fingerprint density at radius 2 is 2.04 bits per heavy atom. The van der Waals surface area contributed by atoms with Crippen LogP contribution in [0.4, 0.5) is 5.82 Å². The number of hydrogen-bond donors (Lipinski definition) is 1. The molecule has 2 aromatic heterocycles. The number of nitrogens with zero attached hydrogens (tertiary/aromatic N) is 2. The molecule has 27 heavy (non-hydrogen) atoms. The van der Waals surface area contributed by atoms with Crippen LogP contribution < -0.4 is 5.32 Å². The number of rotatable bonds is 8. The molecule has 2 heterocycles. The molecule has 0 spiro atoms. The van der Waals surface area contributed by atoms with Gasteiger partial charge in [0.2, 0.25) is 0 Å². The summed E-state index contributed by atoms with van der Waals surface area (Å²) >= 11 is 6.16. The number of hydrogen-bond acceptors (Lipinski definition) is 5. The highest BCUT2D eigenvalue weighted by atomic mass is 35.5. The predicted octanol–water partition coefficient (Wildman–Crippen LogP) is 3.29. The number of nitrogens with one attached hydrogen (secondary N) is 1. The average molecular weight is 388 g/mol. The Hall–Kier alpha value is -3.06. The summed E-state index contributed by atoms with van der Waals surface area (Å²) in [6.07, 6.45) is 3.69. The van der Waals surface area contributed by atoms with Crippen molar-refractivity contribution in [2.24, 2.45) is 0 Å². The normalized spacial score (nSPS) is 10.6. The summed E-state index contributed by atoms with van der Waals surface area (Å²) in [5.41, 5.74) is 0.878. The van der Waals surface area contributed by atoms with E-state index in [-0.39, 0.29) is 13.0 Å². The Bertz CT molecular complexity index is 905. The van der Waals surface area contributed by atoms with Gasteiger partial charge in [0.1, 0.15) is 11.6 Å². The molecule has 1 aromatic carbocycles. The largest absolute Gasteiger partial charge is 0.469 e. The van der Waals surface area contributed by atoms with Gasteiger partial charge in [-0.2, -0.15) is 5.10 Å². The molecule has 140 valence electrons. The summed E-state index contributed by atoms with van der Waals surface area (Å²) in [6, 6.07) is 12.6. The molecule has 3 rings (SSSR count). The molecule has 0 saturated carbocycles. The van der Waals surface area contributed by atoms with Gasteiger partial charge in [-0.1, -0.05) is 29.8 Å². The molecule has 0 radical (unpaired) electrons. The van der Waals surface area contributed by atoms with Crippen LogP contribution in [0.25, 0.3) is 0 Å². The zero-order valence-electron chi connectivity index (χ0n) is 14.4. The highest BCUT2D eigenvalue weighted by Gasteiger charge is 2.12. The summed E-state index contributed by atoms with van der Waals surface area (Å²) in [4.78, 5) is 23.8. The molecule has 0 bridgehead atoms. The summed E-state index contributed by atoms with van der Waals surface area (Å²) in [5.74, 6) is 0.278. The molecule has 0 unspecified atom stereocenters. The van der Waals surface area contributed by atoms with Crippen LogP contribution in [0.1, 0.15) is 17.7 Å². The number of amides is 1. The van der Waals surface area contributed by atoms with E-state index in [1.165, 1.54) is 0 Å². The lowest BCUT2D eigenvalue weighted by Gasteiger charge is -2.10. The van der Waals surface area contributed by atoms with E-state index in [4.69, 9.17) is 20.8 Å². The first kappa shape index (κ1) is 18.7. The number of carbonyl (C=O) groups excluding carboxylic acids is 2. The lowest BCUT2D eigenvalue weighted by Crippen LogP contribution is -2.22. The van der Waals surface area contributed by atoms with Crippen LogP contribution in [-0.4, -0.2) is 28.3 Å². The quantitative estimate of drug-likeness (QED) is 0.599. The SMILES string of the molecule is O=C(COC(=O)CCc1ccco1)Nc1ccnn1Cc1ccccc1Cl. The molecule has 3 aromatic rings. The first-order chi connectivity index (χ1) is 13.1. The Morgan fingerprint density at radius 3 is 2.81 bits per heavy atom. The van der Waals surface area contributed by atoms with Crippen LogP contribution in [0.2, 0.25) is 5.02 Å². The van der Waals surface area contributed by atoms with E-state index >= 15 is 0 Å². The third-order valence-electron chi connectivity index (χ3n) is 3.78. The van der Waals surface area contributed by atoms with E-state index in [0.29, 0.717) is 29.6 Å². The maximum absolute atomic E-state index is 12.0. The fourth-order valence-electron chi connectivity index (χ4n) is 2.43. The van der Waals surface area contributed by atoms with Gasteiger partial charge in [-0.15, -0.1) is 0 Å². The second kappa shape index (κ2) is 9.05. The Labute approximate surface area is 160 Å². The number of halogens is 1. The van der Waals surface area contributed by atoms with Crippen molar-refractivity contribution in [3.63, 3.8) is 0 Å². The van der Waals surface area contributed by atoms with Crippen LogP contribution in [-0.2, 0) is 27.3 Å². The van der Waals surface area contributed by atoms with Crippen molar-refractivity contribution in [3.05, 3.63) is 71.3 Å². The average Bonchev–Trinajstić information content (AvgIpc) is 3.32. The first-order valence-electron chi connectivity index (χ1n) is 8.35. The molecule has 0 atom stereocenters. The zero-order valence-corrected chi connectivity index (χ0v) is 15.2. The van der Waals surface area contributed by atoms with Gasteiger partial charge >= 0.3 is 5.97 Å². The fraction of sp³-hybridized carbons (Fsp3) is 0.211. The predicted molar refractivity (Wildman–Crippen MR) is 99.4 cm³/mol. The third kappa shape index (κ3) is 5.46. The monoisotopic (exact) mass is 387 g/mol. The summed E-state index contributed by atoms with van der Waals surface area (Å²) < 4.78 is 11.7. The molecule has 0 aliphatic carbocycles. The Morgan fingerprint density at radius 1 is 1.19 bits per heavy atom. The maximum atomic E-state index is 12.0. The Kier molecular flexibility index (Phi) is 6.27.